The maximum atomic E-state index is 15.3. The number of benzene rings is 1. The number of carbonyl (C=O) groups is 1. The van der Waals surface area contributed by atoms with Crippen LogP contribution < -0.4 is 20.8 Å². The summed E-state index contributed by atoms with van der Waals surface area (Å²) in [5, 5.41) is 8.68. The van der Waals surface area contributed by atoms with Crippen LogP contribution in [0.15, 0.2) is 41.4 Å². The van der Waals surface area contributed by atoms with Gasteiger partial charge in [0.15, 0.2) is 5.75 Å². The fourth-order valence-electron chi connectivity index (χ4n) is 4.50. The maximum absolute atomic E-state index is 15.3. The lowest BCUT2D eigenvalue weighted by Crippen LogP contribution is -2.46. The number of hydrogen-bond acceptors (Lipinski definition) is 5. The van der Waals surface area contributed by atoms with Gasteiger partial charge in [-0.15, -0.1) is 0 Å². The molecule has 0 radical (unpaired) electrons. The molecule has 1 saturated heterocycles. The molecule has 2 fully saturated rings. The van der Waals surface area contributed by atoms with Crippen LogP contribution in [0, 0.1) is 11.7 Å². The Kier molecular flexibility index (Phi) is 4.39. The van der Waals surface area contributed by atoms with Crippen LogP contribution in [0.2, 0.25) is 5.02 Å². The third-order valence-corrected chi connectivity index (χ3v) is 6.49. The lowest BCUT2D eigenvalue weighted by molar-refractivity contribution is 0.143. The van der Waals surface area contributed by atoms with E-state index in [0.717, 1.165) is 12.3 Å². The molecule has 3 aliphatic rings. The van der Waals surface area contributed by atoms with Crippen LogP contribution in [0.25, 0.3) is 10.9 Å². The second kappa shape index (κ2) is 6.80. The molecule has 2 aromatic rings. The van der Waals surface area contributed by atoms with Gasteiger partial charge in [0, 0.05) is 25.4 Å². The van der Waals surface area contributed by atoms with Crippen LogP contribution in [0.5, 0.6) is 5.75 Å². The Hall–Kier alpha value is -2.91. The van der Waals surface area contributed by atoms with Gasteiger partial charge in [-0.3, -0.25) is 4.79 Å². The van der Waals surface area contributed by atoms with Crippen LogP contribution in [-0.4, -0.2) is 40.6 Å². The number of alkyl halides is 1. The van der Waals surface area contributed by atoms with Crippen LogP contribution in [0.3, 0.4) is 0 Å². The Labute approximate surface area is 179 Å². The first-order valence-electron chi connectivity index (χ1n) is 9.71. The summed E-state index contributed by atoms with van der Waals surface area (Å²) in [5.41, 5.74) is 5.17. The standard InChI is InChI=1S/C21H18ClF2N3O4/c22-16-17-11(19(28)15(31-20(29)30)8-27(17)14-6-12(14)23)5-13(24)18(16)26-7-10-3-1-2-4-21(10,25)9-26/h1-5,8,10,12,14H,6-7,9,25H2,(H,29,30)/t10-,12-,14+,21-/m1/s1. The molecule has 2 heterocycles. The molecular formula is C21H18ClF2N3O4. The van der Waals surface area contributed by atoms with Crippen molar-refractivity contribution in [1.29, 1.82) is 0 Å². The molecule has 1 aliphatic heterocycles. The van der Waals surface area contributed by atoms with Crippen molar-refractivity contribution in [2.45, 2.75) is 24.2 Å². The number of halogens is 3. The highest BCUT2D eigenvalue weighted by Gasteiger charge is 2.44. The average Bonchev–Trinajstić information content (AvgIpc) is 3.31. The number of anilines is 1. The quantitative estimate of drug-likeness (QED) is 0.697. The Morgan fingerprint density at radius 2 is 2.13 bits per heavy atom. The summed E-state index contributed by atoms with van der Waals surface area (Å²) in [7, 11) is 0. The summed E-state index contributed by atoms with van der Waals surface area (Å²) < 4.78 is 35.1. The van der Waals surface area contributed by atoms with E-state index in [9.17, 15) is 14.0 Å². The van der Waals surface area contributed by atoms with Gasteiger partial charge in [0.25, 0.3) is 0 Å². The van der Waals surface area contributed by atoms with E-state index < -0.39 is 40.9 Å². The van der Waals surface area contributed by atoms with E-state index in [2.05, 4.69) is 4.74 Å². The van der Waals surface area contributed by atoms with Crippen molar-refractivity contribution >= 4 is 34.3 Å². The number of carboxylic acid groups (broad SMARTS) is 1. The number of aromatic nitrogens is 1. The molecule has 1 aromatic heterocycles. The summed E-state index contributed by atoms with van der Waals surface area (Å²) in [4.78, 5) is 25.4. The highest BCUT2D eigenvalue weighted by molar-refractivity contribution is 6.38. The van der Waals surface area contributed by atoms with Crippen molar-refractivity contribution in [3.63, 3.8) is 0 Å². The summed E-state index contributed by atoms with van der Waals surface area (Å²) in [6.07, 6.45) is 5.95. The molecule has 1 aromatic carbocycles. The number of fused-ring (bicyclic) bond motifs is 2. The third kappa shape index (κ3) is 3.11. The Morgan fingerprint density at radius 1 is 1.39 bits per heavy atom. The van der Waals surface area contributed by atoms with Crippen LogP contribution >= 0.6 is 11.6 Å². The van der Waals surface area contributed by atoms with Gasteiger partial charge in [0.1, 0.15) is 12.0 Å². The number of pyridine rings is 1. The zero-order valence-corrected chi connectivity index (χ0v) is 16.9. The second-order valence-electron chi connectivity index (χ2n) is 8.18. The second-order valence-corrected chi connectivity index (χ2v) is 8.56. The van der Waals surface area contributed by atoms with Gasteiger partial charge in [-0.05, 0) is 6.07 Å². The van der Waals surface area contributed by atoms with Gasteiger partial charge in [-0.25, -0.2) is 13.6 Å². The highest BCUT2D eigenvalue weighted by atomic mass is 35.5. The van der Waals surface area contributed by atoms with Crippen LogP contribution in [0.1, 0.15) is 12.5 Å². The number of ether oxygens (including phenoxy) is 1. The number of rotatable bonds is 3. The topological polar surface area (TPSA) is 97.8 Å². The van der Waals surface area contributed by atoms with Gasteiger partial charge in [0.05, 0.1) is 39.4 Å². The summed E-state index contributed by atoms with van der Waals surface area (Å²) >= 11 is 6.63. The van der Waals surface area contributed by atoms with Crippen LogP contribution in [0.4, 0.5) is 19.3 Å². The first kappa shape index (κ1) is 20.0. The molecule has 0 amide bonds. The third-order valence-electron chi connectivity index (χ3n) is 6.14. The monoisotopic (exact) mass is 449 g/mol. The van der Waals surface area contributed by atoms with E-state index in [4.69, 9.17) is 22.4 Å². The molecule has 4 atom stereocenters. The molecule has 7 nitrogen and oxygen atoms in total. The molecular weight excluding hydrogens is 432 g/mol. The van der Waals surface area contributed by atoms with E-state index in [0.29, 0.717) is 13.1 Å². The van der Waals surface area contributed by atoms with Crippen molar-refractivity contribution < 1.29 is 23.4 Å². The number of hydrogen-bond donors (Lipinski definition) is 2. The minimum absolute atomic E-state index is 0.0455. The Bertz CT molecular complexity index is 1240. The summed E-state index contributed by atoms with van der Waals surface area (Å²) in [6.45, 7) is 0.722. The molecule has 31 heavy (non-hydrogen) atoms. The predicted octanol–water partition coefficient (Wildman–Crippen LogP) is 3.39. The van der Waals surface area contributed by atoms with Gasteiger partial charge in [-0.1, -0.05) is 35.9 Å². The molecule has 3 N–H and O–H groups in total. The molecule has 0 bridgehead atoms. The number of nitrogens with two attached hydrogens (primary N) is 1. The average molecular weight is 450 g/mol. The van der Waals surface area contributed by atoms with Crippen molar-refractivity contribution in [2.24, 2.45) is 11.7 Å². The summed E-state index contributed by atoms with van der Waals surface area (Å²) in [5.74, 6) is -1.34. The minimum atomic E-state index is -1.70. The van der Waals surface area contributed by atoms with Gasteiger partial charge >= 0.3 is 6.16 Å². The zero-order chi connectivity index (χ0) is 22.1. The molecule has 2 aliphatic carbocycles. The van der Waals surface area contributed by atoms with E-state index in [1.165, 1.54) is 4.57 Å². The maximum Gasteiger partial charge on any atom is 0.511 e. The van der Waals surface area contributed by atoms with Crippen LogP contribution in [-0.2, 0) is 0 Å². The smallest absolute Gasteiger partial charge is 0.449 e. The van der Waals surface area contributed by atoms with Gasteiger partial charge < -0.3 is 25.0 Å². The normalized spacial score (nSPS) is 28.8. The Morgan fingerprint density at radius 3 is 2.77 bits per heavy atom. The van der Waals surface area contributed by atoms with Gasteiger partial charge in [0.2, 0.25) is 5.43 Å². The first-order valence-corrected chi connectivity index (χ1v) is 10.1. The molecule has 0 unspecified atom stereocenters. The molecule has 0 spiro atoms. The molecule has 5 rings (SSSR count). The summed E-state index contributed by atoms with van der Waals surface area (Å²) in [6, 6.07) is 0.347. The first-order chi connectivity index (χ1) is 14.7. The zero-order valence-electron chi connectivity index (χ0n) is 16.1. The highest BCUT2D eigenvalue weighted by Crippen LogP contribution is 2.46. The van der Waals surface area contributed by atoms with Crippen molar-refractivity contribution in [3.8, 4) is 5.75 Å². The lowest BCUT2D eigenvalue weighted by atomic mass is 9.85. The molecule has 1 saturated carbocycles. The van der Waals surface area contributed by atoms with E-state index >= 15 is 4.39 Å². The van der Waals surface area contributed by atoms with Crippen molar-refractivity contribution in [1.82, 2.24) is 4.57 Å². The molecule has 162 valence electrons. The fourth-order valence-corrected chi connectivity index (χ4v) is 4.91. The largest absolute Gasteiger partial charge is 0.511 e. The predicted molar refractivity (Wildman–Crippen MR) is 111 cm³/mol. The minimum Gasteiger partial charge on any atom is -0.449 e. The van der Waals surface area contributed by atoms with E-state index in [-0.39, 0.29) is 34.0 Å². The Balaban J connectivity index is 1.70. The molecule has 10 heteroatoms. The number of nitrogens with zero attached hydrogens (tertiary/aromatic N) is 2. The fraction of sp³-hybridized carbons (Fsp3) is 0.333. The lowest BCUT2D eigenvalue weighted by Gasteiger charge is -2.27. The van der Waals surface area contributed by atoms with E-state index in [1.807, 2.05) is 24.3 Å². The SMILES string of the molecule is N[C@@]12C=CC=C[C@@H]1CN(c1c(F)cc3c(=O)c(OC(=O)O)cn([C@H]4C[C@H]4F)c3c1Cl)C2. The van der Waals surface area contributed by atoms with Crippen molar-refractivity contribution in [3.05, 3.63) is 57.6 Å². The van der Waals surface area contributed by atoms with Gasteiger partial charge in [-0.2, -0.15) is 0 Å². The van der Waals surface area contributed by atoms with Crippen molar-refractivity contribution in [2.75, 3.05) is 18.0 Å². The number of allylic oxidation sites excluding steroid dienone is 2. The van der Waals surface area contributed by atoms with E-state index in [1.54, 1.807) is 4.90 Å².